The highest BCUT2D eigenvalue weighted by atomic mass is 32.2. The maximum absolute atomic E-state index is 13.0. The first-order valence-corrected chi connectivity index (χ1v) is 12.3. The van der Waals surface area contributed by atoms with Crippen LogP contribution >= 0.6 is 0 Å². The number of hydrogen-bond donors (Lipinski definition) is 2. The minimum atomic E-state index is -3.21. The number of amides is 1. The molecule has 10 heteroatoms. The Morgan fingerprint density at radius 1 is 1.12 bits per heavy atom. The number of anilines is 1. The van der Waals surface area contributed by atoms with E-state index in [9.17, 15) is 18.5 Å². The van der Waals surface area contributed by atoms with E-state index in [0.29, 0.717) is 54.2 Å². The average Bonchev–Trinajstić information content (AvgIpc) is 2.82. The zero-order valence-corrected chi connectivity index (χ0v) is 19.7. The molecule has 2 aromatic rings. The summed E-state index contributed by atoms with van der Waals surface area (Å²) in [4.78, 5) is 13.0. The smallest absolute Gasteiger partial charge is 0.253 e. The first-order chi connectivity index (χ1) is 15.7. The molecule has 1 heterocycles. The number of methoxy groups -OCH3 is 2. The molecule has 2 N–H and O–H groups in total. The molecule has 1 fully saturated rings. The third-order valence-electron chi connectivity index (χ3n) is 5.58. The van der Waals surface area contributed by atoms with Gasteiger partial charge < -0.3 is 20.1 Å². The van der Waals surface area contributed by atoms with Crippen molar-refractivity contribution in [3.05, 3.63) is 53.1 Å². The van der Waals surface area contributed by atoms with E-state index in [1.165, 1.54) is 10.6 Å². The number of nitrogens with one attached hydrogen (secondary N) is 2. The Labute approximate surface area is 194 Å². The van der Waals surface area contributed by atoms with Crippen molar-refractivity contribution in [2.24, 2.45) is 0 Å². The van der Waals surface area contributed by atoms with E-state index in [1.807, 2.05) is 6.07 Å². The van der Waals surface area contributed by atoms with Crippen molar-refractivity contribution in [3.63, 3.8) is 0 Å². The molecule has 0 unspecified atom stereocenters. The highest BCUT2D eigenvalue weighted by Crippen LogP contribution is 2.28. The molecule has 1 aliphatic heterocycles. The fraction of sp³-hybridized carbons (Fsp3) is 0.391. The van der Waals surface area contributed by atoms with Crippen LogP contribution in [0.5, 0.6) is 11.5 Å². The number of benzene rings is 2. The molecule has 1 saturated heterocycles. The van der Waals surface area contributed by atoms with Gasteiger partial charge in [0.2, 0.25) is 10.0 Å². The zero-order valence-electron chi connectivity index (χ0n) is 18.9. The van der Waals surface area contributed by atoms with Crippen LogP contribution < -0.4 is 20.1 Å². The number of nitriles is 1. The molecule has 0 saturated carbocycles. The van der Waals surface area contributed by atoms with Gasteiger partial charge in [-0.05, 0) is 48.7 Å². The van der Waals surface area contributed by atoms with Crippen LogP contribution in [0.2, 0.25) is 0 Å². The number of hydrogen-bond acceptors (Lipinski definition) is 7. The van der Waals surface area contributed by atoms with Gasteiger partial charge in [-0.1, -0.05) is 6.07 Å². The van der Waals surface area contributed by atoms with Crippen LogP contribution in [0, 0.1) is 11.3 Å². The third kappa shape index (κ3) is 6.15. The number of carbonyl (C=O) groups is 1. The number of ether oxygens (including phenoxy) is 2. The zero-order chi connectivity index (χ0) is 24.0. The van der Waals surface area contributed by atoms with Crippen molar-refractivity contribution in [1.29, 1.82) is 5.26 Å². The Morgan fingerprint density at radius 3 is 2.42 bits per heavy atom. The molecule has 0 bridgehead atoms. The van der Waals surface area contributed by atoms with Crippen LogP contribution in [0.1, 0.15) is 34.3 Å². The highest BCUT2D eigenvalue weighted by molar-refractivity contribution is 7.88. The molecule has 1 aliphatic rings. The van der Waals surface area contributed by atoms with Gasteiger partial charge in [-0.3, -0.25) is 4.79 Å². The Balaban J connectivity index is 1.72. The van der Waals surface area contributed by atoms with E-state index in [2.05, 4.69) is 16.7 Å². The van der Waals surface area contributed by atoms with Crippen molar-refractivity contribution >= 4 is 21.6 Å². The predicted molar refractivity (Wildman–Crippen MR) is 125 cm³/mol. The molecule has 9 nitrogen and oxygen atoms in total. The van der Waals surface area contributed by atoms with Crippen LogP contribution in [-0.2, 0) is 16.6 Å². The number of rotatable bonds is 8. The van der Waals surface area contributed by atoms with Gasteiger partial charge in [-0.15, -0.1) is 0 Å². The van der Waals surface area contributed by atoms with E-state index in [-0.39, 0.29) is 18.5 Å². The van der Waals surface area contributed by atoms with Gasteiger partial charge in [0, 0.05) is 31.4 Å². The van der Waals surface area contributed by atoms with E-state index < -0.39 is 10.0 Å². The molecule has 33 heavy (non-hydrogen) atoms. The summed E-state index contributed by atoms with van der Waals surface area (Å²) >= 11 is 0. The van der Waals surface area contributed by atoms with Crippen molar-refractivity contribution in [2.45, 2.75) is 25.4 Å². The summed E-state index contributed by atoms with van der Waals surface area (Å²) in [6, 6.07) is 12.4. The van der Waals surface area contributed by atoms with Crippen LogP contribution in [0.15, 0.2) is 36.4 Å². The fourth-order valence-electron chi connectivity index (χ4n) is 3.75. The fourth-order valence-corrected chi connectivity index (χ4v) is 4.62. The largest absolute Gasteiger partial charge is 0.493 e. The summed E-state index contributed by atoms with van der Waals surface area (Å²) in [6.07, 6.45) is 2.46. The normalized spacial score (nSPS) is 14.8. The Morgan fingerprint density at radius 2 is 1.82 bits per heavy atom. The van der Waals surface area contributed by atoms with Crippen LogP contribution in [0.4, 0.5) is 5.69 Å². The van der Waals surface area contributed by atoms with Crippen LogP contribution in [0.3, 0.4) is 0 Å². The van der Waals surface area contributed by atoms with Gasteiger partial charge in [-0.25, -0.2) is 12.7 Å². The monoisotopic (exact) mass is 472 g/mol. The molecule has 1 amide bonds. The summed E-state index contributed by atoms with van der Waals surface area (Å²) in [7, 11) is -0.103. The Hall–Kier alpha value is -3.29. The van der Waals surface area contributed by atoms with Crippen LogP contribution in [-0.4, -0.2) is 58.2 Å². The summed E-state index contributed by atoms with van der Waals surface area (Å²) in [6.45, 7) is 1.11. The Bertz CT molecular complexity index is 1150. The lowest BCUT2D eigenvalue weighted by Gasteiger charge is -2.31. The predicted octanol–water partition coefficient (Wildman–Crippen LogP) is 2.34. The maximum Gasteiger partial charge on any atom is 0.253 e. The summed E-state index contributed by atoms with van der Waals surface area (Å²) in [5.74, 6) is 0.846. The molecule has 0 aromatic heterocycles. The lowest BCUT2D eigenvalue weighted by Crippen LogP contribution is -2.42. The second kappa shape index (κ2) is 10.6. The molecule has 0 aliphatic carbocycles. The van der Waals surface area contributed by atoms with Crippen molar-refractivity contribution in [3.8, 4) is 17.6 Å². The standard InChI is InChI=1S/C23H28N4O5S/c1-31-21-7-5-17(13-22(21)32-2)15-25-23(28)19-12-16(14-24)4-6-20(19)26-18-8-10-27(11-9-18)33(3,29)30/h4-7,12-13,18,26H,8-11,15H2,1-3H3,(H,25,28). The molecule has 176 valence electrons. The van der Waals surface area contributed by atoms with Gasteiger partial charge >= 0.3 is 0 Å². The maximum atomic E-state index is 13.0. The molecular weight excluding hydrogens is 444 g/mol. The van der Waals surface area contributed by atoms with Gasteiger partial charge in [-0.2, -0.15) is 5.26 Å². The first-order valence-electron chi connectivity index (χ1n) is 10.5. The highest BCUT2D eigenvalue weighted by Gasteiger charge is 2.25. The molecule has 0 atom stereocenters. The van der Waals surface area contributed by atoms with Crippen molar-refractivity contribution in [1.82, 2.24) is 9.62 Å². The minimum Gasteiger partial charge on any atom is -0.493 e. The SMILES string of the molecule is COc1ccc(CNC(=O)c2cc(C#N)ccc2NC2CCN(S(C)(=O)=O)CC2)cc1OC. The Kier molecular flexibility index (Phi) is 7.79. The summed E-state index contributed by atoms with van der Waals surface area (Å²) < 4.78 is 35.5. The summed E-state index contributed by atoms with van der Waals surface area (Å²) in [5.41, 5.74) is 2.18. The van der Waals surface area contributed by atoms with Crippen molar-refractivity contribution < 1.29 is 22.7 Å². The van der Waals surface area contributed by atoms with Gasteiger partial charge in [0.15, 0.2) is 11.5 Å². The number of piperidine rings is 1. The first kappa shape index (κ1) is 24.4. The number of sulfonamides is 1. The summed E-state index contributed by atoms with van der Waals surface area (Å²) in [5, 5.41) is 15.5. The van der Waals surface area contributed by atoms with E-state index in [4.69, 9.17) is 9.47 Å². The lowest BCUT2D eigenvalue weighted by atomic mass is 10.0. The van der Waals surface area contributed by atoms with E-state index in [1.54, 1.807) is 44.6 Å². The topological polar surface area (TPSA) is 121 Å². The third-order valence-corrected chi connectivity index (χ3v) is 6.88. The molecule has 0 spiro atoms. The lowest BCUT2D eigenvalue weighted by molar-refractivity contribution is 0.0951. The van der Waals surface area contributed by atoms with Crippen LogP contribution in [0.25, 0.3) is 0 Å². The average molecular weight is 473 g/mol. The van der Waals surface area contributed by atoms with Gasteiger partial charge in [0.25, 0.3) is 5.91 Å². The van der Waals surface area contributed by atoms with E-state index >= 15 is 0 Å². The molecule has 2 aromatic carbocycles. The number of carbonyl (C=O) groups excluding carboxylic acids is 1. The molecular formula is C23H28N4O5S. The van der Waals surface area contributed by atoms with Gasteiger partial charge in [0.1, 0.15) is 0 Å². The quantitative estimate of drug-likeness (QED) is 0.605. The molecule has 3 rings (SSSR count). The molecule has 0 radical (unpaired) electrons. The minimum absolute atomic E-state index is 0.0216. The van der Waals surface area contributed by atoms with Crippen molar-refractivity contribution in [2.75, 3.05) is 38.9 Å². The second-order valence-corrected chi connectivity index (χ2v) is 9.81. The second-order valence-electron chi connectivity index (χ2n) is 7.82. The number of nitrogens with zero attached hydrogens (tertiary/aromatic N) is 2. The van der Waals surface area contributed by atoms with Gasteiger partial charge in [0.05, 0.1) is 37.7 Å². The van der Waals surface area contributed by atoms with E-state index in [0.717, 1.165) is 5.56 Å².